The first-order valence-corrected chi connectivity index (χ1v) is 6.42. The van der Waals surface area contributed by atoms with Crippen LogP contribution >= 0.6 is 0 Å². The molecule has 0 amide bonds. The molecule has 0 heterocycles. The maximum Gasteiger partial charge on any atom is 0.356 e. The molecule has 0 aliphatic carbocycles. The summed E-state index contributed by atoms with van der Waals surface area (Å²) in [6, 6.07) is 5.77. The van der Waals surface area contributed by atoms with Crippen LogP contribution in [0.15, 0.2) is 23.4 Å². The Morgan fingerprint density at radius 1 is 1.30 bits per heavy atom. The molecular formula is C15H21NO4. The average Bonchev–Trinajstić information content (AvgIpc) is 2.40. The summed E-state index contributed by atoms with van der Waals surface area (Å²) in [6.45, 7) is 5.90. The van der Waals surface area contributed by atoms with Gasteiger partial charge in [-0.05, 0) is 44.0 Å². The second-order valence-corrected chi connectivity index (χ2v) is 4.64. The Kier molecular flexibility index (Phi) is 6.03. The Balaban J connectivity index is 2.99. The lowest BCUT2D eigenvalue weighted by atomic mass is 10.0. The molecule has 0 saturated heterocycles. The molecule has 0 aliphatic rings. The molecule has 0 aromatic heterocycles. The molecular weight excluding hydrogens is 258 g/mol. The summed E-state index contributed by atoms with van der Waals surface area (Å²) in [7, 11) is 2.72. The van der Waals surface area contributed by atoms with E-state index in [1.54, 1.807) is 0 Å². The van der Waals surface area contributed by atoms with Gasteiger partial charge in [0, 0.05) is 6.42 Å². The molecule has 5 heteroatoms. The molecule has 0 unspecified atom stereocenters. The van der Waals surface area contributed by atoms with E-state index in [1.165, 1.54) is 14.2 Å². The molecule has 110 valence electrons. The number of hydrogen-bond donors (Lipinski definition) is 0. The van der Waals surface area contributed by atoms with E-state index in [-0.39, 0.29) is 11.8 Å². The van der Waals surface area contributed by atoms with Gasteiger partial charge in [0.05, 0.1) is 13.2 Å². The van der Waals surface area contributed by atoms with E-state index < -0.39 is 5.97 Å². The van der Waals surface area contributed by atoms with Gasteiger partial charge in [-0.15, -0.1) is 0 Å². The third kappa shape index (κ3) is 4.57. The van der Waals surface area contributed by atoms with E-state index in [1.807, 2.05) is 39.0 Å². The summed E-state index contributed by atoms with van der Waals surface area (Å²) in [5, 5.41) is 3.72. The van der Waals surface area contributed by atoms with Crippen molar-refractivity contribution in [2.24, 2.45) is 5.16 Å². The number of benzene rings is 1. The number of carbonyl (C=O) groups is 1. The maximum atomic E-state index is 11.6. The van der Waals surface area contributed by atoms with E-state index in [2.05, 4.69) is 9.99 Å². The zero-order chi connectivity index (χ0) is 15.1. The highest BCUT2D eigenvalue weighted by Crippen LogP contribution is 2.19. The quantitative estimate of drug-likeness (QED) is 0.456. The fourth-order valence-electron chi connectivity index (χ4n) is 1.73. The van der Waals surface area contributed by atoms with Gasteiger partial charge in [-0.1, -0.05) is 11.2 Å². The Labute approximate surface area is 119 Å². The maximum absolute atomic E-state index is 11.6. The highest BCUT2D eigenvalue weighted by atomic mass is 16.6. The number of aryl methyl sites for hydroxylation is 1. The number of carbonyl (C=O) groups excluding carboxylic acids is 1. The number of methoxy groups -OCH3 is 1. The largest absolute Gasteiger partial charge is 0.491 e. The second kappa shape index (κ2) is 7.53. The summed E-state index contributed by atoms with van der Waals surface area (Å²) in [5.74, 6) is 0.267. The van der Waals surface area contributed by atoms with Gasteiger partial charge in [-0.3, -0.25) is 0 Å². The molecule has 0 saturated carbocycles. The number of nitrogens with zero attached hydrogens (tertiary/aromatic N) is 1. The van der Waals surface area contributed by atoms with Crippen LogP contribution in [0, 0.1) is 6.92 Å². The molecule has 5 nitrogen and oxygen atoms in total. The predicted molar refractivity (Wildman–Crippen MR) is 77.1 cm³/mol. The topological polar surface area (TPSA) is 57.1 Å². The number of oxime groups is 1. The Morgan fingerprint density at radius 3 is 2.55 bits per heavy atom. The summed E-state index contributed by atoms with van der Waals surface area (Å²) in [6.07, 6.45) is 0.431. The summed E-state index contributed by atoms with van der Waals surface area (Å²) >= 11 is 0. The zero-order valence-electron chi connectivity index (χ0n) is 12.6. The molecule has 0 bridgehead atoms. The minimum atomic E-state index is -0.499. The van der Waals surface area contributed by atoms with Crippen molar-refractivity contribution >= 4 is 11.7 Å². The summed E-state index contributed by atoms with van der Waals surface area (Å²) < 4.78 is 10.3. The Morgan fingerprint density at radius 2 is 2.00 bits per heavy atom. The van der Waals surface area contributed by atoms with Crippen LogP contribution in [0.25, 0.3) is 0 Å². The van der Waals surface area contributed by atoms with Gasteiger partial charge in [0.1, 0.15) is 12.9 Å². The molecule has 0 fully saturated rings. The van der Waals surface area contributed by atoms with Crippen molar-refractivity contribution in [3.8, 4) is 5.75 Å². The first-order valence-electron chi connectivity index (χ1n) is 6.42. The number of ether oxygens (including phenoxy) is 2. The first kappa shape index (κ1) is 16.0. The van der Waals surface area contributed by atoms with E-state index >= 15 is 0 Å². The van der Waals surface area contributed by atoms with E-state index in [4.69, 9.17) is 9.47 Å². The van der Waals surface area contributed by atoms with Crippen LogP contribution in [-0.2, 0) is 20.8 Å². The van der Waals surface area contributed by atoms with Gasteiger partial charge in [-0.2, -0.15) is 0 Å². The smallest absolute Gasteiger partial charge is 0.356 e. The van der Waals surface area contributed by atoms with Crippen molar-refractivity contribution in [1.82, 2.24) is 0 Å². The molecule has 0 spiro atoms. The van der Waals surface area contributed by atoms with Crippen molar-refractivity contribution in [2.45, 2.75) is 33.3 Å². The monoisotopic (exact) mass is 279 g/mol. The van der Waals surface area contributed by atoms with Gasteiger partial charge >= 0.3 is 5.97 Å². The number of esters is 1. The fourth-order valence-corrected chi connectivity index (χ4v) is 1.73. The van der Waals surface area contributed by atoms with Gasteiger partial charge in [0.2, 0.25) is 0 Å². The average molecular weight is 279 g/mol. The van der Waals surface area contributed by atoms with Crippen LogP contribution < -0.4 is 4.74 Å². The van der Waals surface area contributed by atoms with Crippen molar-refractivity contribution in [1.29, 1.82) is 0 Å². The van der Waals surface area contributed by atoms with E-state index in [0.29, 0.717) is 6.42 Å². The molecule has 1 aromatic carbocycles. The van der Waals surface area contributed by atoms with Crippen molar-refractivity contribution in [2.75, 3.05) is 14.2 Å². The SMILES string of the molecule is CO/N=C(\Cc1cc(OC(C)C)ccc1C)C(=O)OC. The molecule has 1 aromatic rings. The zero-order valence-corrected chi connectivity index (χ0v) is 12.6. The Bertz CT molecular complexity index is 495. The third-order valence-electron chi connectivity index (χ3n) is 2.67. The van der Waals surface area contributed by atoms with Crippen molar-refractivity contribution < 1.29 is 19.1 Å². The lowest BCUT2D eigenvalue weighted by Gasteiger charge is -2.13. The van der Waals surface area contributed by atoms with E-state index in [0.717, 1.165) is 16.9 Å². The number of rotatable bonds is 6. The van der Waals surface area contributed by atoms with Crippen LogP contribution in [0.3, 0.4) is 0 Å². The summed E-state index contributed by atoms with van der Waals surface area (Å²) in [5.41, 5.74) is 2.22. The van der Waals surface area contributed by atoms with Crippen LogP contribution in [-0.4, -0.2) is 32.0 Å². The summed E-state index contributed by atoms with van der Waals surface area (Å²) in [4.78, 5) is 16.3. The number of hydrogen-bond acceptors (Lipinski definition) is 5. The standard InChI is InChI=1S/C15H21NO4/c1-10(2)20-13-7-6-11(3)12(8-13)9-14(16-19-5)15(17)18-4/h6-8,10H,9H2,1-5H3/b16-14+. The van der Waals surface area contributed by atoms with Gasteiger partial charge in [-0.25, -0.2) is 4.79 Å². The van der Waals surface area contributed by atoms with Gasteiger partial charge in [0.15, 0.2) is 5.71 Å². The van der Waals surface area contributed by atoms with Crippen LogP contribution in [0.1, 0.15) is 25.0 Å². The predicted octanol–water partition coefficient (Wildman–Crippen LogP) is 2.50. The van der Waals surface area contributed by atoms with Crippen molar-refractivity contribution in [3.05, 3.63) is 29.3 Å². The third-order valence-corrected chi connectivity index (χ3v) is 2.67. The molecule has 0 radical (unpaired) electrons. The molecule has 1 rings (SSSR count). The van der Waals surface area contributed by atoms with Gasteiger partial charge in [0.25, 0.3) is 0 Å². The minimum Gasteiger partial charge on any atom is -0.491 e. The van der Waals surface area contributed by atoms with Crippen LogP contribution in [0.2, 0.25) is 0 Å². The lowest BCUT2D eigenvalue weighted by Crippen LogP contribution is -2.19. The highest BCUT2D eigenvalue weighted by molar-refractivity contribution is 6.36. The van der Waals surface area contributed by atoms with E-state index in [9.17, 15) is 4.79 Å². The fraction of sp³-hybridized carbons (Fsp3) is 0.467. The van der Waals surface area contributed by atoms with Crippen molar-refractivity contribution in [3.63, 3.8) is 0 Å². The van der Waals surface area contributed by atoms with Gasteiger partial charge < -0.3 is 14.3 Å². The second-order valence-electron chi connectivity index (χ2n) is 4.64. The minimum absolute atomic E-state index is 0.0956. The molecule has 0 aliphatic heterocycles. The van der Waals surface area contributed by atoms with Crippen LogP contribution in [0.5, 0.6) is 5.75 Å². The normalized spacial score (nSPS) is 11.4. The molecule has 0 atom stereocenters. The highest BCUT2D eigenvalue weighted by Gasteiger charge is 2.15. The Hall–Kier alpha value is -2.04. The first-order chi connectivity index (χ1) is 9.47. The molecule has 0 N–H and O–H groups in total. The van der Waals surface area contributed by atoms with Crippen LogP contribution in [0.4, 0.5) is 0 Å². The lowest BCUT2D eigenvalue weighted by molar-refractivity contribution is -0.133. The molecule has 20 heavy (non-hydrogen) atoms.